The molecule has 0 N–H and O–H groups in total. The summed E-state index contributed by atoms with van der Waals surface area (Å²) in [5, 5.41) is 0. The summed E-state index contributed by atoms with van der Waals surface area (Å²) in [5.74, 6) is 0. The van der Waals surface area contributed by atoms with Gasteiger partial charge in [0.25, 0.3) is 0 Å². The normalized spacial score (nSPS) is 14.5. The maximum atomic E-state index is 10.5. The molecule has 2 rings (SSSR count). The highest BCUT2D eigenvalue weighted by atomic mass is 16.1. The highest BCUT2D eigenvalue weighted by molar-refractivity contribution is 5.56. The Hall–Kier alpha value is -1.57. The maximum Gasteiger partial charge on any atom is 0.124 e. The second-order valence-electron chi connectivity index (χ2n) is 3.78. The smallest absolute Gasteiger partial charge is 0.124 e. The monoisotopic (exact) mass is 201 g/mol. The van der Waals surface area contributed by atoms with Crippen molar-refractivity contribution in [1.82, 2.24) is 4.90 Å². The third-order valence-corrected chi connectivity index (χ3v) is 2.69. The molecule has 1 aliphatic heterocycles. The predicted molar refractivity (Wildman–Crippen MR) is 60.4 cm³/mol. The summed E-state index contributed by atoms with van der Waals surface area (Å²) in [4.78, 5) is 12.8. The molecule has 1 heterocycles. The number of benzene rings is 1. The van der Waals surface area contributed by atoms with Crippen LogP contribution >= 0.6 is 0 Å². The topological polar surface area (TPSA) is 20.3 Å². The summed E-state index contributed by atoms with van der Waals surface area (Å²) in [6.07, 6.45) is 6.95. The van der Waals surface area contributed by atoms with Crippen LogP contribution < -0.4 is 0 Å². The van der Waals surface area contributed by atoms with Crippen molar-refractivity contribution >= 4 is 6.29 Å². The fraction of sp³-hybridized carbons (Fsp3) is 0.308. The fourth-order valence-corrected chi connectivity index (χ4v) is 1.89. The second-order valence-corrected chi connectivity index (χ2v) is 3.78. The summed E-state index contributed by atoms with van der Waals surface area (Å²) in [5.41, 5.74) is 2.41. The molecule has 2 heteroatoms. The Morgan fingerprint density at radius 1 is 1.27 bits per heavy atom. The van der Waals surface area contributed by atoms with Gasteiger partial charge < -0.3 is 9.69 Å². The van der Waals surface area contributed by atoms with Crippen molar-refractivity contribution in [1.29, 1.82) is 0 Å². The molecule has 0 radical (unpaired) electrons. The molecule has 0 aromatic heterocycles. The zero-order chi connectivity index (χ0) is 10.5. The van der Waals surface area contributed by atoms with E-state index in [0.29, 0.717) is 6.42 Å². The standard InChI is InChI=1S/C13H15NO/c15-10-7-12-5-1-2-6-13(12)11-14-8-3-4-9-14/h1-3,5-6,8,10H,4,7,9,11H2. The molecular weight excluding hydrogens is 186 g/mol. The molecule has 0 unspecified atom stereocenters. The Bertz CT molecular complexity index is 371. The summed E-state index contributed by atoms with van der Waals surface area (Å²) in [6.45, 7) is 2.01. The molecule has 0 amide bonds. The van der Waals surface area contributed by atoms with Crippen molar-refractivity contribution in [3.05, 3.63) is 47.7 Å². The SMILES string of the molecule is O=CCc1ccccc1CN1C=CCC1. The molecular formula is C13H15NO. The van der Waals surface area contributed by atoms with Crippen molar-refractivity contribution in [3.8, 4) is 0 Å². The summed E-state index contributed by atoms with van der Waals surface area (Å²) in [7, 11) is 0. The van der Waals surface area contributed by atoms with Gasteiger partial charge in [-0.2, -0.15) is 0 Å². The highest BCUT2D eigenvalue weighted by Gasteiger charge is 2.07. The lowest BCUT2D eigenvalue weighted by atomic mass is 10.0. The van der Waals surface area contributed by atoms with Gasteiger partial charge in [-0.25, -0.2) is 0 Å². The molecule has 1 aliphatic rings. The predicted octanol–water partition coefficient (Wildman–Crippen LogP) is 2.15. The second kappa shape index (κ2) is 4.78. The molecule has 0 saturated heterocycles. The van der Waals surface area contributed by atoms with E-state index in [1.165, 1.54) is 5.56 Å². The number of aldehydes is 1. The highest BCUT2D eigenvalue weighted by Crippen LogP contribution is 2.14. The first-order valence-electron chi connectivity index (χ1n) is 5.31. The van der Waals surface area contributed by atoms with Crippen LogP contribution in [0, 0.1) is 0 Å². The van der Waals surface area contributed by atoms with Gasteiger partial charge in [0.1, 0.15) is 6.29 Å². The number of carbonyl (C=O) groups is 1. The molecule has 1 aromatic carbocycles. The van der Waals surface area contributed by atoms with Crippen LogP contribution in [0.15, 0.2) is 36.5 Å². The number of nitrogens with zero attached hydrogens (tertiary/aromatic N) is 1. The van der Waals surface area contributed by atoms with Gasteiger partial charge in [0.2, 0.25) is 0 Å². The van der Waals surface area contributed by atoms with Crippen molar-refractivity contribution in [2.45, 2.75) is 19.4 Å². The van der Waals surface area contributed by atoms with Crippen molar-refractivity contribution in [3.63, 3.8) is 0 Å². The molecule has 0 fully saturated rings. The molecule has 1 aromatic rings. The van der Waals surface area contributed by atoms with E-state index < -0.39 is 0 Å². The van der Waals surface area contributed by atoms with Crippen LogP contribution in [-0.2, 0) is 17.8 Å². The minimum atomic E-state index is 0.522. The van der Waals surface area contributed by atoms with E-state index in [2.05, 4.69) is 23.2 Å². The molecule has 15 heavy (non-hydrogen) atoms. The molecule has 0 saturated carbocycles. The maximum absolute atomic E-state index is 10.5. The number of hydrogen-bond acceptors (Lipinski definition) is 2. The largest absolute Gasteiger partial charge is 0.373 e. The first-order chi connectivity index (χ1) is 7.40. The van der Waals surface area contributed by atoms with Crippen molar-refractivity contribution in [2.24, 2.45) is 0 Å². The van der Waals surface area contributed by atoms with Gasteiger partial charge in [0, 0.05) is 19.5 Å². The van der Waals surface area contributed by atoms with Crippen molar-refractivity contribution in [2.75, 3.05) is 6.54 Å². The van der Waals surface area contributed by atoms with Crippen LogP contribution in [0.5, 0.6) is 0 Å². The Balaban J connectivity index is 2.11. The first-order valence-corrected chi connectivity index (χ1v) is 5.31. The molecule has 78 valence electrons. The van der Waals surface area contributed by atoms with Gasteiger partial charge in [-0.3, -0.25) is 0 Å². The number of hydrogen-bond donors (Lipinski definition) is 0. The average Bonchev–Trinajstić information content (AvgIpc) is 2.74. The molecule has 0 aliphatic carbocycles. The summed E-state index contributed by atoms with van der Waals surface area (Å²) >= 11 is 0. The van der Waals surface area contributed by atoms with Gasteiger partial charge in [0.05, 0.1) is 0 Å². The minimum absolute atomic E-state index is 0.522. The van der Waals surface area contributed by atoms with Gasteiger partial charge in [-0.1, -0.05) is 30.3 Å². The Morgan fingerprint density at radius 3 is 2.73 bits per heavy atom. The lowest BCUT2D eigenvalue weighted by Gasteiger charge is -2.17. The van der Waals surface area contributed by atoms with E-state index in [0.717, 1.165) is 31.4 Å². The van der Waals surface area contributed by atoms with Gasteiger partial charge >= 0.3 is 0 Å². The van der Waals surface area contributed by atoms with E-state index in [4.69, 9.17) is 0 Å². The average molecular weight is 201 g/mol. The van der Waals surface area contributed by atoms with Crippen LogP contribution in [0.4, 0.5) is 0 Å². The Labute approximate surface area is 90.2 Å². The van der Waals surface area contributed by atoms with Crippen molar-refractivity contribution < 1.29 is 4.79 Å². The molecule has 2 nitrogen and oxygen atoms in total. The third-order valence-electron chi connectivity index (χ3n) is 2.69. The Kier molecular flexibility index (Phi) is 3.18. The van der Waals surface area contributed by atoms with E-state index in [1.54, 1.807) is 0 Å². The lowest BCUT2D eigenvalue weighted by Crippen LogP contribution is -2.14. The summed E-state index contributed by atoms with van der Waals surface area (Å²) < 4.78 is 0. The van der Waals surface area contributed by atoms with E-state index in [9.17, 15) is 4.79 Å². The Morgan fingerprint density at radius 2 is 2.07 bits per heavy atom. The summed E-state index contributed by atoms with van der Waals surface area (Å²) in [6, 6.07) is 8.15. The van der Waals surface area contributed by atoms with E-state index >= 15 is 0 Å². The van der Waals surface area contributed by atoms with Crippen LogP contribution in [-0.4, -0.2) is 17.7 Å². The van der Waals surface area contributed by atoms with Crippen LogP contribution in [0.1, 0.15) is 17.5 Å². The van der Waals surface area contributed by atoms with Crippen LogP contribution in [0.3, 0.4) is 0 Å². The lowest BCUT2D eigenvalue weighted by molar-refractivity contribution is -0.107. The number of rotatable bonds is 4. The minimum Gasteiger partial charge on any atom is -0.373 e. The zero-order valence-electron chi connectivity index (χ0n) is 8.73. The molecule has 0 spiro atoms. The zero-order valence-corrected chi connectivity index (χ0v) is 8.73. The fourth-order valence-electron chi connectivity index (χ4n) is 1.89. The molecule has 0 bridgehead atoms. The molecule has 0 atom stereocenters. The van der Waals surface area contributed by atoms with E-state index in [1.807, 2.05) is 18.2 Å². The van der Waals surface area contributed by atoms with Gasteiger partial charge in [0.15, 0.2) is 0 Å². The first kappa shape index (κ1) is 9.97. The number of carbonyl (C=O) groups excluding carboxylic acids is 1. The van der Waals surface area contributed by atoms with Gasteiger partial charge in [-0.05, 0) is 23.7 Å². The van der Waals surface area contributed by atoms with Crippen LogP contribution in [0.25, 0.3) is 0 Å². The third kappa shape index (κ3) is 2.46. The van der Waals surface area contributed by atoms with E-state index in [-0.39, 0.29) is 0 Å². The van der Waals surface area contributed by atoms with Gasteiger partial charge in [-0.15, -0.1) is 0 Å². The quantitative estimate of drug-likeness (QED) is 0.696. The van der Waals surface area contributed by atoms with Crippen LogP contribution in [0.2, 0.25) is 0 Å².